The molecule has 0 unspecified atom stereocenters. The van der Waals surface area contributed by atoms with Gasteiger partial charge in [-0.1, -0.05) is 6.08 Å². The van der Waals surface area contributed by atoms with E-state index >= 15 is 0 Å². The van der Waals surface area contributed by atoms with E-state index in [4.69, 9.17) is 5.11 Å². The van der Waals surface area contributed by atoms with Crippen molar-refractivity contribution in [2.45, 2.75) is 13.5 Å². The number of nitro groups is 1. The number of aliphatic hydroxyl groups is 1. The number of carbonyl (C=O) groups excluding carboxylic acids is 1. The molecule has 0 aliphatic carbocycles. The molecular weight excluding hydrogens is 250 g/mol. The Bertz CT molecular complexity index is 481. The number of amides is 1. The van der Waals surface area contributed by atoms with Crippen molar-refractivity contribution in [1.82, 2.24) is 9.47 Å². The van der Waals surface area contributed by atoms with Gasteiger partial charge in [0.25, 0.3) is 11.6 Å². The molecule has 1 amide bonds. The monoisotopic (exact) mass is 267 g/mol. The SMILES string of the molecule is C=CCN(CCO)C(=O)c1cc([N+](=O)[O-])cn1CC. The van der Waals surface area contributed by atoms with E-state index in [0.717, 1.165) is 0 Å². The van der Waals surface area contributed by atoms with Crippen LogP contribution in [-0.2, 0) is 6.54 Å². The molecule has 0 radical (unpaired) electrons. The van der Waals surface area contributed by atoms with Crippen LogP contribution in [0.2, 0.25) is 0 Å². The Labute approximate surface area is 110 Å². The number of aromatic nitrogens is 1. The van der Waals surface area contributed by atoms with Crippen LogP contribution in [0.4, 0.5) is 5.69 Å². The molecule has 0 aliphatic heterocycles. The highest BCUT2D eigenvalue weighted by molar-refractivity contribution is 5.93. The summed E-state index contributed by atoms with van der Waals surface area (Å²) in [5.41, 5.74) is 0.122. The van der Waals surface area contributed by atoms with Crippen molar-refractivity contribution >= 4 is 11.6 Å². The number of rotatable bonds is 7. The fourth-order valence-electron chi connectivity index (χ4n) is 1.75. The third kappa shape index (κ3) is 3.41. The fraction of sp³-hybridized carbons (Fsp3) is 0.417. The van der Waals surface area contributed by atoms with Crippen molar-refractivity contribution in [3.05, 3.63) is 40.7 Å². The highest BCUT2D eigenvalue weighted by atomic mass is 16.6. The van der Waals surface area contributed by atoms with Crippen LogP contribution in [0.5, 0.6) is 0 Å². The zero-order chi connectivity index (χ0) is 14.4. The van der Waals surface area contributed by atoms with Crippen LogP contribution in [0.25, 0.3) is 0 Å². The van der Waals surface area contributed by atoms with Gasteiger partial charge in [-0.05, 0) is 6.92 Å². The number of nitrogens with zero attached hydrogens (tertiary/aromatic N) is 3. The summed E-state index contributed by atoms with van der Waals surface area (Å²) in [4.78, 5) is 23.9. The van der Waals surface area contributed by atoms with Gasteiger partial charge in [0.15, 0.2) is 0 Å². The molecule has 0 fully saturated rings. The summed E-state index contributed by atoms with van der Waals surface area (Å²) in [6, 6.07) is 1.25. The van der Waals surface area contributed by atoms with E-state index in [2.05, 4.69) is 6.58 Å². The average Bonchev–Trinajstić information content (AvgIpc) is 2.82. The summed E-state index contributed by atoms with van der Waals surface area (Å²) in [6.07, 6.45) is 2.87. The van der Waals surface area contributed by atoms with Gasteiger partial charge in [-0.3, -0.25) is 14.9 Å². The minimum atomic E-state index is -0.535. The van der Waals surface area contributed by atoms with Gasteiger partial charge in [0, 0.05) is 25.7 Å². The van der Waals surface area contributed by atoms with E-state index in [-0.39, 0.29) is 37.0 Å². The highest BCUT2D eigenvalue weighted by Crippen LogP contribution is 2.18. The lowest BCUT2D eigenvalue weighted by Crippen LogP contribution is -2.34. The van der Waals surface area contributed by atoms with E-state index in [0.29, 0.717) is 6.54 Å². The molecule has 1 N–H and O–H groups in total. The van der Waals surface area contributed by atoms with Gasteiger partial charge >= 0.3 is 0 Å². The van der Waals surface area contributed by atoms with Gasteiger partial charge < -0.3 is 14.6 Å². The van der Waals surface area contributed by atoms with E-state index < -0.39 is 4.92 Å². The summed E-state index contributed by atoms with van der Waals surface area (Å²) in [5, 5.41) is 19.7. The second kappa shape index (κ2) is 6.69. The first-order valence-corrected chi connectivity index (χ1v) is 5.90. The average molecular weight is 267 g/mol. The molecule has 0 atom stereocenters. The largest absolute Gasteiger partial charge is 0.395 e. The zero-order valence-electron chi connectivity index (χ0n) is 10.8. The van der Waals surface area contributed by atoms with Crippen molar-refractivity contribution < 1.29 is 14.8 Å². The van der Waals surface area contributed by atoms with Crippen LogP contribution in [0, 0.1) is 10.1 Å². The maximum atomic E-state index is 12.3. The van der Waals surface area contributed by atoms with Gasteiger partial charge in [0.1, 0.15) is 5.69 Å². The van der Waals surface area contributed by atoms with Crippen molar-refractivity contribution in [2.24, 2.45) is 0 Å². The molecule has 1 aromatic rings. The van der Waals surface area contributed by atoms with Crippen LogP contribution < -0.4 is 0 Å². The first-order valence-electron chi connectivity index (χ1n) is 5.90. The van der Waals surface area contributed by atoms with E-state index in [1.54, 1.807) is 13.0 Å². The molecule has 104 valence electrons. The molecule has 0 aromatic carbocycles. The van der Waals surface area contributed by atoms with Crippen molar-refractivity contribution in [3.63, 3.8) is 0 Å². The first-order chi connectivity index (χ1) is 9.04. The molecule has 0 bridgehead atoms. The van der Waals surface area contributed by atoms with Crippen LogP contribution in [-0.4, -0.2) is 45.1 Å². The van der Waals surface area contributed by atoms with Crippen molar-refractivity contribution in [2.75, 3.05) is 19.7 Å². The number of carbonyl (C=O) groups is 1. The Morgan fingerprint density at radius 2 is 2.37 bits per heavy atom. The molecule has 0 saturated heterocycles. The summed E-state index contributed by atoms with van der Waals surface area (Å²) in [6.45, 7) is 6.06. The topological polar surface area (TPSA) is 88.6 Å². The third-order valence-electron chi connectivity index (χ3n) is 2.66. The quantitative estimate of drug-likeness (QED) is 0.454. The second-order valence-corrected chi connectivity index (χ2v) is 3.89. The van der Waals surface area contributed by atoms with Crippen LogP contribution in [0.1, 0.15) is 17.4 Å². The lowest BCUT2D eigenvalue weighted by Gasteiger charge is -2.20. The van der Waals surface area contributed by atoms with E-state index in [1.807, 2.05) is 0 Å². The lowest BCUT2D eigenvalue weighted by atomic mass is 10.3. The smallest absolute Gasteiger partial charge is 0.287 e. The molecule has 1 aromatic heterocycles. The minimum Gasteiger partial charge on any atom is -0.395 e. The number of hydrogen-bond acceptors (Lipinski definition) is 4. The predicted octanol–water partition coefficient (Wildman–Crippen LogP) is 1.04. The van der Waals surface area contributed by atoms with Gasteiger partial charge in [0.05, 0.1) is 17.7 Å². The first kappa shape index (κ1) is 14.9. The van der Waals surface area contributed by atoms with Crippen molar-refractivity contribution in [3.8, 4) is 0 Å². The zero-order valence-corrected chi connectivity index (χ0v) is 10.8. The number of aliphatic hydroxyl groups excluding tert-OH is 1. The van der Waals surface area contributed by atoms with E-state index in [9.17, 15) is 14.9 Å². The number of hydrogen-bond donors (Lipinski definition) is 1. The summed E-state index contributed by atoms with van der Waals surface area (Å²) in [5.74, 6) is -0.357. The maximum Gasteiger partial charge on any atom is 0.287 e. The fourth-order valence-corrected chi connectivity index (χ4v) is 1.75. The Morgan fingerprint density at radius 1 is 1.68 bits per heavy atom. The molecule has 7 nitrogen and oxygen atoms in total. The van der Waals surface area contributed by atoms with Crippen molar-refractivity contribution in [1.29, 1.82) is 0 Å². The molecular formula is C12H17N3O4. The van der Waals surface area contributed by atoms with Gasteiger partial charge in [-0.25, -0.2) is 0 Å². The summed E-state index contributed by atoms with van der Waals surface area (Å²) < 4.78 is 1.52. The maximum absolute atomic E-state index is 12.3. The normalized spacial score (nSPS) is 10.2. The highest BCUT2D eigenvalue weighted by Gasteiger charge is 2.22. The summed E-state index contributed by atoms with van der Waals surface area (Å²) >= 11 is 0. The van der Waals surface area contributed by atoms with Gasteiger partial charge in [-0.15, -0.1) is 6.58 Å². The van der Waals surface area contributed by atoms with Crippen LogP contribution in [0.15, 0.2) is 24.9 Å². The molecule has 1 heterocycles. The molecule has 0 spiro atoms. The predicted molar refractivity (Wildman–Crippen MR) is 69.9 cm³/mol. The Kier molecular flexibility index (Phi) is 5.25. The third-order valence-corrected chi connectivity index (χ3v) is 2.66. The minimum absolute atomic E-state index is 0.118. The van der Waals surface area contributed by atoms with Gasteiger partial charge in [-0.2, -0.15) is 0 Å². The van der Waals surface area contributed by atoms with E-state index in [1.165, 1.54) is 21.7 Å². The van der Waals surface area contributed by atoms with Crippen LogP contribution >= 0.6 is 0 Å². The van der Waals surface area contributed by atoms with Gasteiger partial charge in [0.2, 0.25) is 0 Å². The molecule has 0 aliphatic rings. The summed E-state index contributed by atoms with van der Waals surface area (Å²) in [7, 11) is 0. The lowest BCUT2D eigenvalue weighted by molar-refractivity contribution is -0.384. The second-order valence-electron chi connectivity index (χ2n) is 3.89. The standard InChI is InChI=1S/C12H17N3O4/c1-3-5-14(6-7-16)12(17)11-8-10(15(18)19)9-13(11)4-2/h3,8-9,16H,1,4-7H2,2H3. The number of aryl methyl sites for hydroxylation is 1. The Hall–Kier alpha value is -2.15. The van der Waals surface area contributed by atoms with Crippen LogP contribution in [0.3, 0.4) is 0 Å². The Morgan fingerprint density at radius 3 is 2.84 bits per heavy atom. The molecule has 0 saturated carbocycles. The molecule has 1 rings (SSSR count). The Balaban J connectivity index is 3.08. The molecule has 7 heteroatoms. The molecule has 19 heavy (non-hydrogen) atoms.